The first kappa shape index (κ1) is 16.4. The van der Waals surface area contributed by atoms with E-state index in [0.29, 0.717) is 5.56 Å². The fraction of sp³-hybridized carbons (Fsp3) is 0.0625. The predicted octanol–water partition coefficient (Wildman–Crippen LogP) is 4.24. The van der Waals surface area contributed by atoms with Crippen LogP contribution in [0.15, 0.2) is 56.7 Å². The highest BCUT2D eigenvalue weighted by Gasteiger charge is 2.20. The van der Waals surface area contributed by atoms with Gasteiger partial charge in [0.05, 0.1) is 9.37 Å². The molecule has 2 rings (SSSR count). The van der Waals surface area contributed by atoms with E-state index in [1.807, 2.05) is 6.92 Å². The van der Waals surface area contributed by atoms with E-state index in [4.69, 9.17) is 0 Å². The van der Waals surface area contributed by atoms with E-state index in [-0.39, 0.29) is 9.37 Å². The molecule has 0 aliphatic heterocycles. The lowest BCUT2D eigenvalue weighted by Gasteiger charge is -2.04. The number of hydrogen-bond donors (Lipinski definition) is 0. The molecule has 0 bridgehead atoms. The van der Waals surface area contributed by atoms with Crippen molar-refractivity contribution in [1.82, 2.24) is 0 Å². The van der Waals surface area contributed by atoms with Crippen LogP contribution >= 0.6 is 15.9 Å². The molecule has 2 aromatic rings. The third-order valence-corrected chi connectivity index (χ3v) is 5.26. The van der Waals surface area contributed by atoms with Crippen LogP contribution in [-0.2, 0) is 9.84 Å². The smallest absolute Gasteiger partial charge is 0.216 e. The van der Waals surface area contributed by atoms with E-state index in [1.165, 1.54) is 36.4 Å². The maximum atomic E-state index is 13.2. The Bertz CT molecular complexity index is 881. The zero-order valence-corrected chi connectivity index (χ0v) is 13.9. The normalized spacial score (nSPS) is 12.0. The van der Waals surface area contributed by atoms with Gasteiger partial charge >= 0.3 is 0 Å². The molecule has 3 nitrogen and oxygen atoms in total. The fourth-order valence-electron chi connectivity index (χ4n) is 1.77. The summed E-state index contributed by atoms with van der Waals surface area (Å²) in [6.45, 7) is 1.84. The summed E-state index contributed by atoms with van der Waals surface area (Å²) in [6.07, 6.45) is 1.22. The second-order valence-electron chi connectivity index (χ2n) is 4.61. The van der Waals surface area contributed by atoms with Crippen molar-refractivity contribution in [2.75, 3.05) is 0 Å². The molecule has 0 unspecified atom stereocenters. The minimum Gasteiger partial charge on any atom is -0.218 e. The van der Waals surface area contributed by atoms with Crippen LogP contribution in [0, 0.1) is 24.1 Å². The molecular weight excluding hydrogens is 369 g/mol. The standard InChI is InChI=1S/C16H11BrFNO2S/c1-11-2-5-13(6-3-11)22(20,21)14(10-19)8-12-4-7-16(18)15(17)9-12/h2-9H,1H3/b14-8+. The summed E-state index contributed by atoms with van der Waals surface area (Å²) in [4.78, 5) is -0.345. The largest absolute Gasteiger partial charge is 0.218 e. The van der Waals surface area contributed by atoms with Crippen LogP contribution in [0.5, 0.6) is 0 Å². The molecule has 2 aromatic carbocycles. The Kier molecular flexibility index (Phi) is 4.79. The maximum Gasteiger partial charge on any atom is 0.216 e. The zero-order chi connectivity index (χ0) is 16.3. The molecule has 0 aromatic heterocycles. The molecule has 6 heteroatoms. The zero-order valence-electron chi connectivity index (χ0n) is 11.5. The Labute approximate surface area is 136 Å². The second kappa shape index (κ2) is 6.42. The first-order valence-corrected chi connectivity index (χ1v) is 8.51. The quantitative estimate of drug-likeness (QED) is 0.749. The molecule has 0 atom stereocenters. The monoisotopic (exact) mass is 379 g/mol. The van der Waals surface area contributed by atoms with Gasteiger partial charge in [0, 0.05) is 0 Å². The number of benzene rings is 2. The molecule has 0 radical (unpaired) electrons. The maximum absolute atomic E-state index is 13.2. The number of nitrogens with zero attached hydrogens (tertiary/aromatic N) is 1. The highest BCUT2D eigenvalue weighted by Crippen LogP contribution is 2.23. The summed E-state index contributed by atoms with van der Waals surface area (Å²) in [5.74, 6) is -0.461. The van der Waals surface area contributed by atoms with Crippen LogP contribution in [-0.4, -0.2) is 8.42 Å². The molecule has 0 saturated carbocycles. The summed E-state index contributed by atoms with van der Waals surface area (Å²) in [6, 6.07) is 12.0. The molecule has 22 heavy (non-hydrogen) atoms. The number of sulfone groups is 1. The fourth-order valence-corrected chi connectivity index (χ4v) is 3.32. The Hall–Kier alpha value is -1.97. The molecule has 0 N–H and O–H groups in total. The Balaban J connectivity index is 2.51. The number of aryl methyl sites for hydroxylation is 1. The number of nitriles is 1. The van der Waals surface area contributed by atoms with E-state index in [1.54, 1.807) is 18.2 Å². The van der Waals surface area contributed by atoms with Gasteiger partial charge in [0.1, 0.15) is 16.8 Å². The van der Waals surface area contributed by atoms with Crippen LogP contribution in [0.1, 0.15) is 11.1 Å². The van der Waals surface area contributed by atoms with Gasteiger partial charge in [-0.2, -0.15) is 5.26 Å². The van der Waals surface area contributed by atoms with Gasteiger partial charge in [-0.15, -0.1) is 0 Å². The van der Waals surface area contributed by atoms with Crippen LogP contribution in [0.2, 0.25) is 0 Å². The summed E-state index contributed by atoms with van der Waals surface area (Å²) >= 11 is 3.02. The Morgan fingerprint density at radius 1 is 1.23 bits per heavy atom. The van der Waals surface area contributed by atoms with Crippen molar-refractivity contribution in [3.05, 3.63) is 68.8 Å². The minimum absolute atomic E-state index is 0.0482. The number of rotatable bonds is 3. The van der Waals surface area contributed by atoms with Crippen LogP contribution in [0.3, 0.4) is 0 Å². The number of allylic oxidation sites excluding steroid dienone is 1. The topological polar surface area (TPSA) is 57.9 Å². The van der Waals surface area contributed by atoms with Crippen LogP contribution in [0.25, 0.3) is 6.08 Å². The van der Waals surface area contributed by atoms with Gasteiger partial charge in [-0.25, -0.2) is 12.8 Å². The highest BCUT2D eigenvalue weighted by molar-refractivity contribution is 9.10. The predicted molar refractivity (Wildman–Crippen MR) is 86.1 cm³/mol. The summed E-state index contributed by atoms with van der Waals surface area (Å²) in [5, 5.41) is 9.18. The molecule has 0 fully saturated rings. The molecule has 0 saturated heterocycles. The lowest BCUT2D eigenvalue weighted by molar-refractivity contribution is 0.603. The van der Waals surface area contributed by atoms with Crippen molar-refractivity contribution < 1.29 is 12.8 Å². The van der Waals surface area contributed by atoms with Gasteiger partial charge in [0.2, 0.25) is 9.84 Å². The molecule has 0 spiro atoms. The van der Waals surface area contributed by atoms with E-state index in [9.17, 15) is 18.1 Å². The summed E-state index contributed by atoms with van der Waals surface area (Å²) in [5.41, 5.74) is 1.34. The van der Waals surface area contributed by atoms with E-state index >= 15 is 0 Å². The average molecular weight is 380 g/mol. The third-order valence-electron chi connectivity index (χ3n) is 2.97. The molecule has 0 aliphatic rings. The number of halogens is 2. The highest BCUT2D eigenvalue weighted by atomic mass is 79.9. The third kappa shape index (κ3) is 3.43. The van der Waals surface area contributed by atoms with Gasteiger partial charge < -0.3 is 0 Å². The van der Waals surface area contributed by atoms with Crippen LogP contribution < -0.4 is 0 Å². The van der Waals surface area contributed by atoms with Crippen molar-refractivity contribution in [3.8, 4) is 6.07 Å². The van der Waals surface area contributed by atoms with E-state index in [2.05, 4.69) is 15.9 Å². The van der Waals surface area contributed by atoms with Crippen LogP contribution in [0.4, 0.5) is 4.39 Å². The first-order chi connectivity index (χ1) is 10.3. The van der Waals surface area contributed by atoms with Crippen molar-refractivity contribution in [2.24, 2.45) is 0 Å². The van der Waals surface area contributed by atoms with Gasteiger partial charge in [-0.05, 0) is 58.8 Å². The average Bonchev–Trinajstić information content (AvgIpc) is 2.48. The molecule has 0 heterocycles. The lowest BCUT2D eigenvalue weighted by Crippen LogP contribution is -2.03. The lowest BCUT2D eigenvalue weighted by atomic mass is 10.2. The minimum atomic E-state index is -3.90. The Morgan fingerprint density at radius 2 is 1.86 bits per heavy atom. The van der Waals surface area contributed by atoms with E-state index < -0.39 is 20.6 Å². The summed E-state index contributed by atoms with van der Waals surface area (Å²) < 4.78 is 38.3. The van der Waals surface area contributed by atoms with Crippen molar-refractivity contribution in [1.29, 1.82) is 5.26 Å². The number of hydrogen-bond acceptors (Lipinski definition) is 3. The van der Waals surface area contributed by atoms with Gasteiger partial charge in [-0.1, -0.05) is 23.8 Å². The van der Waals surface area contributed by atoms with Crippen molar-refractivity contribution in [2.45, 2.75) is 11.8 Å². The molecule has 0 amide bonds. The molecule has 112 valence electrons. The first-order valence-electron chi connectivity index (χ1n) is 6.23. The summed E-state index contributed by atoms with van der Waals surface area (Å²) in [7, 11) is -3.90. The SMILES string of the molecule is Cc1ccc(S(=O)(=O)/C(C#N)=C/c2ccc(F)c(Br)c2)cc1. The van der Waals surface area contributed by atoms with Crippen molar-refractivity contribution in [3.63, 3.8) is 0 Å². The van der Waals surface area contributed by atoms with Gasteiger partial charge in [-0.3, -0.25) is 0 Å². The molecule has 0 aliphatic carbocycles. The van der Waals surface area contributed by atoms with Gasteiger partial charge in [0.15, 0.2) is 0 Å². The van der Waals surface area contributed by atoms with E-state index in [0.717, 1.165) is 5.56 Å². The Morgan fingerprint density at radius 3 is 2.41 bits per heavy atom. The van der Waals surface area contributed by atoms with Gasteiger partial charge in [0.25, 0.3) is 0 Å². The second-order valence-corrected chi connectivity index (χ2v) is 7.38. The van der Waals surface area contributed by atoms with Crippen molar-refractivity contribution >= 4 is 31.8 Å². The molecular formula is C16H11BrFNO2S.